The van der Waals surface area contributed by atoms with E-state index in [-0.39, 0.29) is 30.4 Å². The molecule has 6 nitrogen and oxygen atoms in total. The van der Waals surface area contributed by atoms with Crippen LogP contribution in [0, 0.1) is 17.8 Å². The van der Waals surface area contributed by atoms with Gasteiger partial charge in [-0.3, -0.25) is 9.59 Å². The van der Waals surface area contributed by atoms with Crippen molar-refractivity contribution in [2.45, 2.75) is 32.2 Å². The molecule has 0 aromatic rings. The first-order chi connectivity index (χ1) is 9.60. The van der Waals surface area contributed by atoms with Crippen LogP contribution in [0.25, 0.3) is 0 Å². The minimum absolute atomic E-state index is 0.0463. The lowest BCUT2D eigenvalue weighted by Gasteiger charge is -2.33. The number of aliphatic carboxylic acids is 1. The van der Waals surface area contributed by atoms with E-state index in [0.717, 1.165) is 19.3 Å². The maximum atomic E-state index is 12.7. The number of hydrogen-bond donors (Lipinski definition) is 2. The Morgan fingerprint density at radius 1 is 1.30 bits per heavy atom. The highest BCUT2D eigenvalue weighted by Crippen LogP contribution is 2.34. The minimum Gasteiger partial charge on any atom is -0.481 e. The molecule has 1 aliphatic heterocycles. The molecular formula is C14H24N2O4. The van der Waals surface area contributed by atoms with Crippen molar-refractivity contribution >= 4 is 11.9 Å². The van der Waals surface area contributed by atoms with Gasteiger partial charge in [0.05, 0.1) is 19.3 Å². The number of hydrogen-bond acceptors (Lipinski definition) is 4. The summed E-state index contributed by atoms with van der Waals surface area (Å²) in [4.78, 5) is 25.7. The van der Waals surface area contributed by atoms with E-state index in [1.54, 1.807) is 4.90 Å². The van der Waals surface area contributed by atoms with Gasteiger partial charge in [0, 0.05) is 12.5 Å². The first-order valence-electron chi connectivity index (χ1n) is 7.41. The van der Waals surface area contributed by atoms with Gasteiger partial charge in [-0.2, -0.15) is 0 Å². The molecule has 0 bridgehead atoms. The van der Waals surface area contributed by atoms with Crippen LogP contribution in [0.15, 0.2) is 0 Å². The van der Waals surface area contributed by atoms with Crippen LogP contribution in [0.5, 0.6) is 0 Å². The Balaban J connectivity index is 2.11. The number of nitrogens with two attached hydrogens (primary N) is 1. The number of carboxylic acids is 1. The number of amides is 1. The molecule has 1 saturated heterocycles. The van der Waals surface area contributed by atoms with Gasteiger partial charge in [0.25, 0.3) is 0 Å². The fourth-order valence-electron chi connectivity index (χ4n) is 3.50. The zero-order valence-electron chi connectivity index (χ0n) is 12.0. The largest absolute Gasteiger partial charge is 0.481 e. The highest BCUT2D eigenvalue weighted by Gasteiger charge is 2.43. The van der Waals surface area contributed by atoms with Gasteiger partial charge >= 0.3 is 5.97 Å². The number of rotatable bonds is 5. The van der Waals surface area contributed by atoms with Gasteiger partial charge in [-0.1, -0.05) is 6.42 Å². The number of carbonyl (C=O) groups is 2. The van der Waals surface area contributed by atoms with Gasteiger partial charge in [0.2, 0.25) is 5.91 Å². The maximum absolute atomic E-state index is 12.7. The van der Waals surface area contributed by atoms with Gasteiger partial charge in [0.15, 0.2) is 0 Å². The molecule has 2 rings (SSSR count). The second kappa shape index (κ2) is 6.54. The summed E-state index contributed by atoms with van der Waals surface area (Å²) in [7, 11) is 0. The van der Waals surface area contributed by atoms with E-state index in [2.05, 4.69) is 0 Å². The monoisotopic (exact) mass is 284 g/mol. The lowest BCUT2D eigenvalue weighted by molar-refractivity contribution is -0.146. The van der Waals surface area contributed by atoms with Crippen LogP contribution < -0.4 is 5.73 Å². The number of carbonyl (C=O) groups excluding carboxylic acids is 1. The predicted molar refractivity (Wildman–Crippen MR) is 73.0 cm³/mol. The first-order valence-corrected chi connectivity index (χ1v) is 7.41. The van der Waals surface area contributed by atoms with E-state index in [4.69, 9.17) is 10.5 Å². The quantitative estimate of drug-likeness (QED) is 0.758. The highest BCUT2D eigenvalue weighted by atomic mass is 16.5. The third-order valence-corrected chi connectivity index (χ3v) is 4.67. The van der Waals surface area contributed by atoms with E-state index in [1.165, 1.54) is 0 Å². The molecule has 2 aliphatic rings. The van der Waals surface area contributed by atoms with Crippen LogP contribution in [-0.4, -0.2) is 54.2 Å². The van der Waals surface area contributed by atoms with Gasteiger partial charge in [-0.15, -0.1) is 0 Å². The Morgan fingerprint density at radius 2 is 2.05 bits per heavy atom. The summed E-state index contributed by atoms with van der Waals surface area (Å²) in [6, 6.07) is -0.343. The number of carboxylic acid groups (broad SMARTS) is 1. The summed E-state index contributed by atoms with van der Waals surface area (Å²) in [5.41, 5.74) is 5.74. The molecule has 6 heteroatoms. The molecule has 114 valence electrons. The molecule has 2 fully saturated rings. The van der Waals surface area contributed by atoms with Gasteiger partial charge < -0.3 is 20.5 Å². The summed E-state index contributed by atoms with van der Waals surface area (Å²) in [5, 5.41) is 9.24. The molecular weight excluding hydrogens is 260 g/mol. The average molecular weight is 284 g/mol. The maximum Gasteiger partial charge on any atom is 0.311 e. The van der Waals surface area contributed by atoms with Crippen molar-refractivity contribution in [1.82, 2.24) is 4.90 Å². The SMILES string of the molecule is CCN(C(=O)C1CCCC1CN)C1COCC1C(=O)O. The summed E-state index contributed by atoms with van der Waals surface area (Å²) >= 11 is 0. The molecule has 0 spiro atoms. The molecule has 1 amide bonds. The summed E-state index contributed by atoms with van der Waals surface area (Å²) in [5.74, 6) is -1.25. The van der Waals surface area contributed by atoms with Crippen molar-refractivity contribution in [2.75, 3.05) is 26.3 Å². The van der Waals surface area contributed by atoms with E-state index < -0.39 is 11.9 Å². The summed E-state index contributed by atoms with van der Waals surface area (Å²) in [6.45, 7) is 3.44. The molecule has 1 aliphatic carbocycles. The summed E-state index contributed by atoms with van der Waals surface area (Å²) < 4.78 is 5.28. The van der Waals surface area contributed by atoms with Crippen LogP contribution in [0.3, 0.4) is 0 Å². The van der Waals surface area contributed by atoms with Crippen LogP contribution in [0.2, 0.25) is 0 Å². The zero-order chi connectivity index (χ0) is 14.7. The molecule has 20 heavy (non-hydrogen) atoms. The third kappa shape index (κ3) is 2.81. The van der Waals surface area contributed by atoms with Gasteiger partial charge in [0.1, 0.15) is 5.92 Å². The number of ether oxygens (including phenoxy) is 1. The van der Waals surface area contributed by atoms with Crippen LogP contribution in [0.1, 0.15) is 26.2 Å². The highest BCUT2D eigenvalue weighted by molar-refractivity contribution is 5.81. The average Bonchev–Trinajstić information content (AvgIpc) is 3.07. The van der Waals surface area contributed by atoms with E-state index in [9.17, 15) is 14.7 Å². The molecule has 4 unspecified atom stereocenters. The van der Waals surface area contributed by atoms with Crippen molar-refractivity contribution < 1.29 is 19.4 Å². The van der Waals surface area contributed by atoms with Crippen molar-refractivity contribution in [3.05, 3.63) is 0 Å². The predicted octanol–water partition coefficient (Wildman–Crippen LogP) is 0.310. The number of nitrogens with zero attached hydrogens (tertiary/aromatic N) is 1. The van der Waals surface area contributed by atoms with Crippen LogP contribution in [-0.2, 0) is 14.3 Å². The Labute approximate surface area is 119 Å². The lowest BCUT2D eigenvalue weighted by Crippen LogP contribution is -2.49. The Bertz CT molecular complexity index is 374. The van der Waals surface area contributed by atoms with E-state index in [1.807, 2.05) is 6.92 Å². The first kappa shape index (κ1) is 15.3. The van der Waals surface area contributed by atoms with E-state index in [0.29, 0.717) is 19.7 Å². The van der Waals surface area contributed by atoms with Crippen LogP contribution in [0.4, 0.5) is 0 Å². The molecule has 3 N–H and O–H groups in total. The fraction of sp³-hybridized carbons (Fsp3) is 0.857. The topological polar surface area (TPSA) is 92.9 Å². The lowest BCUT2D eigenvalue weighted by atomic mass is 9.92. The zero-order valence-corrected chi connectivity index (χ0v) is 12.0. The van der Waals surface area contributed by atoms with Crippen molar-refractivity contribution in [3.8, 4) is 0 Å². The Hall–Kier alpha value is -1.14. The smallest absolute Gasteiger partial charge is 0.311 e. The standard InChI is InChI=1S/C14H24N2O4/c1-2-16(12-8-20-7-11(12)14(18)19)13(17)10-5-3-4-9(10)6-15/h9-12H,2-8,15H2,1H3,(H,18,19). The molecule has 0 aromatic carbocycles. The van der Waals surface area contributed by atoms with Gasteiger partial charge in [-0.25, -0.2) is 0 Å². The number of likely N-dealkylation sites (N-methyl/N-ethyl adjacent to an activating group) is 1. The Morgan fingerprint density at radius 3 is 2.65 bits per heavy atom. The molecule has 1 saturated carbocycles. The van der Waals surface area contributed by atoms with Crippen LogP contribution >= 0.6 is 0 Å². The fourth-order valence-corrected chi connectivity index (χ4v) is 3.50. The molecule has 1 heterocycles. The second-order valence-electron chi connectivity index (χ2n) is 5.71. The second-order valence-corrected chi connectivity index (χ2v) is 5.71. The summed E-state index contributed by atoms with van der Waals surface area (Å²) in [6.07, 6.45) is 2.88. The van der Waals surface area contributed by atoms with Crippen molar-refractivity contribution in [3.63, 3.8) is 0 Å². The molecule has 0 radical (unpaired) electrons. The normalized spacial score (nSPS) is 33.3. The van der Waals surface area contributed by atoms with Crippen molar-refractivity contribution in [1.29, 1.82) is 0 Å². The van der Waals surface area contributed by atoms with Crippen molar-refractivity contribution in [2.24, 2.45) is 23.5 Å². The van der Waals surface area contributed by atoms with Gasteiger partial charge in [-0.05, 0) is 32.2 Å². The van der Waals surface area contributed by atoms with E-state index >= 15 is 0 Å². The third-order valence-electron chi connectivity index (χ3n) is 4.67. The molecule has 0 aromatic heterocycles. The Kier molecular flexibility index (Phi) is 4.99. The minimum atomic E-state index is -0.888. The molecule has 4 atom stereocenters.